The Morgan fingerprint density at radius 1 is 0.958 bits per heavy atom. The van der Waals surface area contributed by atoms with Crippen LogP contribution in [-0.4, -0.2) is 34.4 Å². The van der Waals surface area contributed by atoms with Gasteiger partial charge in [-0.3, -0.25) is 0 Å². The van der Waals surface area contributed by atoms with Gasteiger partial charge in [0.25, 0.3) is 5.69 Å². The van der Waals surface area contributed by atoms with E-state index in [4.69, 9.17) is 18.9 Å². The number of carbonyl (C=O) groups is 1. The third kappa shape index (κ3) is 4.38. The van der Waals surface area contributed by atoms with Gasteiger partial charge in [0.1, 0.15) is 5.75 Å². The molecule has 0 N–H and O–H groups in total. The van der Waals surface area contributed by atoms with Crippen molar-refractivity contribution in [2.45, 2.75) is 6.54 Å². The highest BCUT2D eigenvalue weighted by molar-refractivity contribution is 5.85. The van der Waals surface area contributed by atoms with E-state index in [9.17, 15) is 4.79 Å². The van der Waals surface area contributed by atoms with Crippen LogP contribution in [0.2, 0.25) is 0 Å². The maximum atomic E-state index is 12.0. The lowest BCUT2D eigenvalue weighted by molar-refractivity contribution is -0.690. The summed E-state index contributed by atoms with van der Waals surface area (Å²) in [5.41, 5.74) is 1.37. The zero-order valence-corrected chi connectivity index (χ0v) is 15.6. The summed E-state index contributed by atoms with van der Waals surface area (Å²) < 4.78 is 22.3. The van der Waals surface area contributed by atoms with Crippen LogP contribution in [0.25, 0.3) is 0 Å². The molecule has 1 aromatic carbocycles. The fourth-order valence-corrected chi connectivity index (χ4v) is 2.23. The van der Waals surface area contributed by atoms with E-state index in [1.165, 1.54) is 7.11 Å². The van der Waals surface area contributed by atoms with Crippen molar-refractivity contribution in [3.05, 3.63) is 47.8 Å². The van der Waals surface area contributed by atoms with Crippen LogP contribution >= 0.6 is 0 Å². The zero-order valence-electron chi connectivity index (χ0n) is 14.0. The van der Waals surface area contributed by atoms with E-state index in [0.717, 1.165) is 5.56 Å². The molecule has 0 bridgehead atoms. The van der Waals surface area contributed by atoms with Gasteiger partial charge in [-0.25, -0.2) is 4.79 Å². The summed E-state index contributed by atoms with van der Waals surface area (Å²) in [6, 6.07) is 9.05. The SMILES string of the molecule is COC(=O)c1cc(OC)cc[n+]1Cc1ccc(OC)c(OC)c1.[Br-]. The number of halogens is 1. The molecular weight excluding hydrogens is 378 g/mol. The molecule has 0 amide bonds. The first kappa shape index (κ1) is 19.8. The maximum Gasteiger partial charge on any atom is 0.403 e. The first-order valence-corrected chi connectivity index (χ1v) is 6.99. The van der Waals surface area contributed by atoms with Gasteiger partial charge in [-0.2, -0.15) is 4.57 Å². The minimum absolute atomic E-state index is 0. The number of hydrogen-bond donors (Lipinski definition) is 0. The fraction of sp³-hybridized carbons (Fsp3) is 0.294. The molecule has 24 heavy (non-hydrogen) atoms. The molecule has 0 spiro atoms. The van der Waals surface area contributed by atoms with Crippen LogP contribution in [0.15, 0.2) is 36.5 Å². The van der Waals surface area contributed by atoms with Gasteiger partial charge in [-0.05, 0) is 18.2 Å². The van der Waals surface area contributed by atoms with Crippen molar-refractivity contribution in [1.29, 1.82) is 0 Å². The van der Waals surface area contributed by atoms with E-state index in [0.29, 0.717) is 29.5 Å². The van der Waals surface area contributed by atoms with Crippen LogP contribution in [-0.2, 0) is 11.3 Å². The van der Waals surface area contributed by atoms with Gasteiger partial charge in [0.2, 0.25) is 0 Å². The number of esters is 1. The monoisotopic (exact) mass is 397 g/mol. The van der Waals surface area contributed by atoms with Crippen LogP contribution in [0.5, 0.6) is 17.2 Å². The number of ether oxygens (including phenoxy) is 4. The largest absolute Gasteiger partial charge is 1.00 e. The highest BCUT2D eigenvalue weighted by atomic mass is 79.9. The molecule has 0 aliphatic carbocycles. The molecule has 2 rings (SSSR count). The minimum Gasteiger partial charge on any atom is -1.00 e. The summed E-state index contributed by atoms with van der Waals surface area (Å²) >= 11 is 0. The lowest BCUT2D eigenvalue weighted by atomic mass is 10.2. The highest BCUT2D eigenvalue weighted by Crippen LogP contribution is 2.27. The Bertz CT molecular complexity index is 705. The second-order valence-electron chi connectivity index (χ2n) is 4.76. The summed E-state index contributed by atoms with van der Waals surface area (Å²) in [5.74, 6) is 1.46. The van der Waals surface area contributed by atoms with E-state index in [1.54, 1.807) is 44.2 Å². The van der Waals surface area contributed by atoms with Crippen LogP contribution in [0.3, 0.4) is 0 Å². The van der Waals surface area contributed by atoms with E-state index in [1.807, 2.05) is 18.2 Å². The van der Waals surface area contributed by atoms with E-state index < -0.39 is 5.97 Å². The summed E-state index contributed by atoms with van der Waals surface area (Å²) in [7, 11) is 6.07. The smallest absolute Gasteiger partial charge is 0.403 e. The Labute approximate surface area is 151 Å². The Morgan fingerprint density at radius 2 is 1.67 bits per heavy atom. The molecule has 6 nitrogen and oxygen atoms in total. The third-order valence-electron chi connectivity index (χ3n) is 3.44. The lowest BCUT2D eigenvalue weighted by Crippen LogP contribution is -3.00. The second kappa shape index (κ2) is 9.12. The highest BCUT2D eigenvalue weighted by Gasteiger charge is 2.22. The average molecular weight is 398 g/mol. The lowest BCUT2D eigenvalue weighted by Gasteiger charge is -2.09. The van der Waals surface area contributed by atoms with Crippen LogP contribution < -0.4 is 35.8 Å². The molecule has 0 atom stereocenters. The number of hydrogen-bond acceptors (Lipinski definition) is 5. The third-order valence-corrected chi connectivity index (χ3v) is 3.44. The summed E-state index contributed by atoms with van der Waals surface area (Å²) in [5, 5.41) is 0. The molecule has 0 aliphatic rings. The average Bonchev–Trinajstić information content (AvgIpc) is 2.61. The van der Waals surface area contributed by atoms with Crippen molar-refractivity contribution in [2.75, 3.05) is 28.4 Å². The first-order chi connectivity index (χ1) is 11.1. The van der Waals surface area contributed by atoms with E-state index in [-0.39, 0.29) is 17.0 Å². The predicted octanol–water partition coefficient (Wildman–Crippen LogP) is -1.16. The van der Waals surface area contributed by atoms with Gasteiger partial charge < -0.3 is 35.9 Å². The Balaban J connectivity index is 0.00000288. The normalized spacial score (nSPS) is 9.67. The molecule has 1 heterocycles. The summed E-state index contributed by atoms with van der Waals surface area (Å²) in [6.45, 7) is 0.481. The molecule has 0 saturated carbocycles. The molecule has 130 valence electrons. The standard InChI is InChI=1S/C17H20NO5.BrH/c1-20-13-7-8-18(14(10-13)17(19)23-4)11-12-5-6-15(21-2)16(9-12)22-3;/h5-10H,11H2,1-4H3;1H/q+1;/p-1. The molecule has 0 unspecified atom stereocenters. The van der Waals surface area contributed by atoms with Gasteiger partial charge >= 0.3 is 5.97 Å². The number of benzene rings is 1. The van der Waals surface area contributed by atoms with Crippen LogP contribution in [0.4, 0.5) is 0 Å². The van der Waals surface area contributed by atoms with Crippen molar-refractivity contribution in [3.8, 4) is 17.2 Å². The maximum absolute atomic E-state index is 12.0. The van der Waals surface area contributed by atoms with Gasteiger partial charge in [-0.15, -0.1) is 0 Å². The number of carbonyl (C=O) groups excluding carboxylic acids is 1. The summed E-state index contributed by atoms with van der Waals surface area (Å²) in [6.07, 6.45) is 1.78. The van der Waals surface area contributed by atoms with Crippen molar-refractivity contribution in [2.24, 2.45) is 0 Å². The molecule has 2 aromatic rings. The molecule has 0 aliphatic heterocycles. The van der Waals surface area contributed by atoms with Gasteiger partial charge in [0.05, 0.1) is 34.5 Å². The Hall–Kier alpha value is -2.28. The van der Waals surface area contributed by atoms with Crippen molar-refractivity contribution in [3.63, 3.8) is 0 Å². The minimum atomic E-state index is -0.427. The zero-order chi connectivity index (χ0) is 16.8. The molecule has 1 aromatic heterocycles. The number of methoxy groups -OCH3 is 4. The predicted molar refractivity (Wildman–Crippen MR) is 83.2 cm³/mol. The van der Waals surface area contributed by atoms with Crippen molar-refractivity contribution < 1.29 is 45.3 Å². The quantitative estimate of drug-likeness (QED) is 0.454. The van der Waals surface area contributed by atoms with E-state index >= 15 is 0 Å². The first-order valence-electron chi connectivity index (χ1n) is 6.99. The number of nitrogens with zero attached hydrogens (tertiary/aromatic N) is 1. The molecule has 0 fully saturated rings. The number of pyridine rings is 1. The van der Waals surface area contributed by atoms with Crippen molar-refractivity contribution in [1.82, 2.24) is 0 Å². The Morgan fingerprint density at radius 3 is 2.25 bits per heavy atom. The van der Waals surface area contributed by atoms with Crippen LogP contribution in [0, 0.1) is 0 Å². The Kier molecular flexibility index (Phi) is 7.51. The molecular formula is C17H20BrNO5. The van der Waals surface area contributed by atoms with Crippen molar-refractivity contribution >= 4 is 5.97 Å². The molecule has 0 saturated heterocycles. The van der Waals surface area contributed by atoms with Gasteiger partial charge in [0.15, 0.2) is 24.2 Å². The second-order valence-corrected chi connectivity index (χ2v) is 4.76. The van der Waals surface area contributed by atoms with E-state index in [2.05, 4.69) is 0 Å². The topological polar surface area (TPSA) is 57.9 Å². The molecule has 0 radical (unpaired) electrons. The number of aromatic nitrogens is 1. The van der Waals surface area contributed by atoms with Gasteiger partial charge in [-0.1, -0.05) is 0 Å². The molecule has 7 heteroatoms. The van der Waals surface area contributed by atoms with Crippen LogP contribution in [0.1, 0.15) is 16.1 Å². The summed E-state index contributed by atoms with van der Waals surface area (Å²) in [4.78, 5) is 12.0. The fourth-order valence-electron chi connectivity index (χ4n) is 2.23. The van der Waals surface area contributed by atoms with Gasteiger partial charge in [0, 0.05) is 11.6 Å². The number of rotatable bonds is 6.